The molecule has 3 aromatic rings. The number of imidazole rings is 1. The van der Waals surface area contributed by atoms with Crippen molar-refractivity contribution in [3.63, 3.8) is 0 Å². The first-order chi connectivity index (χ1) is 13.6. The quantitative estimate of drug-likeness (QED) is 0.702. The lowest BCUT2D eigenvalue weighted by atomic mass is 10.0. The molecule has 142 valence electrons. The molecule has 5 rings (SSSR count). The van der Waals surface area contributed by atoms with Crippen molar-refractivity contribution in [2.75, 3.05) is 18.0 Å². The first-order valence-electron chi connectivity index (χ1n) is 9.47. The zero-order chi connectivity index (χ0) is 19.3. The molecule has 28 heavy (non-hydrogen) atoms. The van der Waals surface area contributed by atoms with Crippen LogP contribution >= 0.6 is 0 Å². The van der Waals surface area contributed by atoms with E-state index in [0.29, 0.717) is 13.1 Å². The van der Waals surface area contributed by atoms with E-state index in [-0.39, 0.29) is 17.8 Å². The summed E-state index contributed by atoms with van der Waals surface area (Å²) in [5.41, 5.74) is 4.28. The number of carbonyl (C=O) groups is 1. The van der Waals surface area contributed by atoms with Crippen LogP contribution in [0.1, 0.15) is 19.8 Å². The molecule has 1 fully saturated rings. The number of hydrogen-bond donors (Lipinski definition) is 1. The number of hydrogen-bond acceptors (Lipinski definition) is 4. The summed E-state index contributed by atoms with van der Waals surface area (Å²) in [7, 11) is 0. The molecule has 2 aliphatic heterocycles. The van der Waals surface area contributed by atoms with Gasteiger partial charge in [0.2, 0.25) is 5.91 Å². The maximum Gasteiger partial charge on any atom is 0.219 e. The SMILES string of the molecule is CC(=O)N1CCC(N2c3cc(F)ccc3-c3nc[nH]c3-c3cccnc32)CC1. The van der Waals surface area contributed by atoms with E-state index in [4.69, 9.17) is 0 Å². The second-order valence-electron chi connectivity index (χ2n) is 7.27. The lowest BCUT2D eigenvalue weighted by Gasteiger charge is -2.39. The fourth-order valence-corrected chi connectivity index (χ4v) is 4.31. The van der Waals surface area contributed by atoms with Gasteiger partial charge in [0.15, 0.2) is 0 Å². The topological polar surface area (TPSA) is 65.1 Å². The van der Waals surface area contributed by atoms with Gasteiger partial charge in [-0.05, 0) is 43.2 Å². The van der Waals surface area contributed by atoms with E-state index in [2.05, 4.69) is 19.9 Å². The van der Waals surface area contributed by atoms with Gasteiger partial charge in [-0.25, -0.2) is 14.4 Å². The van der Waals surface area contributed by atoms with Crippen LogP contribution in [-0.2, 0) is 4.79 Å². The Balaban J connectivity index is 1.68. The summed E-state index contributed by atoms with van der Waals surface area (Å²) in [6, 6.07) is 8.85. The normalized spacial score (nSPS) is 16.2. The average molecular weight is 377 g/mol. The summed E-state index contributed by atoms with van der Waals surface area (Å²) in [6.07, 6.45) is 5.02. The summed E-state index contributed by atoms with van der Waals surface area (Å²) in [5, 5.41) is 0. The van der Waals surface area contributed by atoms with E-state index in [1.54, 1.807) is 31.6 Å². The van der Waals surface area contributed by atoms with E-state index in [9.17, 15) is 9.18 Å². The van der Waals surface area contributed by atoms with Gasteiger partial charge in [-0.15, -0.1) is 0 Å². The minimum Gasteiger partial charge on any atom is -0.344 e. The molecule has 7 heteroatoms. The number of halogens is 1. The molecular weight excluding hydrogens is 357 g/mol. The van der Waals surface area contributed by atoms with E-state index in [0.717, 1.165) is 46.9 Å². The van der Waals surface area contributed by atoms with Gasteiger partial charge in [0.25, 0.3) is 0 Å². The van der Waals surface area contributed by atoms with Gasteiger partial charge in [0.1, 0.15) is 11.6 Å². The Morgan fingerprint density at radius 1 is 1.18 bits per heavy atom. The number of pyridine rings is 1. The molecular formula is C21H20FN5O. The van der Waals surface area contributed by atoms with Crippen molar-refractivity contribution in [2.45, 2.75) is 25.8 Å². The molecule has 6 nitrogen and oxygen atoms in total. The van der Waals surface area contributed by atoms with Gasteiger partial charge in [-0.2, -0.15) is 0 Å². The Morgan fingerprint density at radius 2 is 2.00 bits per heavy atom. The van der Waals surface area contributed by atoms with Crippen molar-refractivity contribution in [2.24, 2.45) is 0 Å². The number of rotatable bonds is 1. The van der Waals surface area contributed by atoms with E-state index < -0.39 is 0 Å². The minimum absolute atomic E-state index is 0.0958. The lowest BCUT2D eigenvalue weighted by molar-refractivity contribution is -0.129. The molecule has 0 aliphatic carbocycles. The third kappa shape index (κ3) is 2.58. The number of nitrogens with zero attached hydrogens (tertiary/aromatic N) is 4. The fourth-order valence-electron chi connectivity index (χ4n) is 4.31. The molecule has 0 bridgehead atoms. The predicted octanol–water partition coefficient (Wildman–Crippen LogP) is 3.74. The molecule has 1 amide bonds. The number of aromatic nitrogens is 3. The number of fused-ring (bicyclic) bond motifs is 5. The number of likely N-dealkylation sites (tertiary alicyclic amines) is 1. The van der Waals surface area contributed by atoms with Crippen molar-refractivity contribution in [1.82, 2.24) is 19.9 Å². The largest absolute Gasteiger partial charge is 0.344 e. The van der Waals surface area contributed by atoms with Crippen LogP contribution in [0.3, 0.4) is 0 Å². The Morgan fingerprint density at radius 3 is 2.79 bits per heavy atom. The maximum atomic E-state index is 14.3. The van der Waals surface area contributed by atoms with Gasteiger partial charge in [0.05, 0.1) is 23.4 Å². The monoisotopic (exact) mass is 377 g/mol. The molecule has 2 aromatic heterocycles. The highest BCUT2D eigenvalue weighted by Gasteiger charge is 2.34. The highest BCUT2D eigenvalue weighted by atomic mass is 19.1. The molecule has 4 heterocycles. The van der Waals surface area contributed by atoms with Gasteiger partial charge < -0.3 is 14.8 Å². The van der Waals surface area contributed by atoms with Crippen LogP contribution in [-0.4, -0.2) is 44.9 Å². The van der Waals surface area contributed by atoms with Crippen LogP contribution in [0.4, 0.5) is 15.9 Å². The molecule has 1 saturated heterocycles. The number of H-pyrrole nitrogens is 1. The Kier molecular flexibility index (Phi) is 3.89. The Bertz CT molecular complexity index is 1050. The van der Waals surface area contributed by atoms with Crippen molar-refractivity contribution in [3.05, 3.63) is 48.7 Å². The first kappa shape index (κ1) is 16.9. The van der Waals surface area contributed by atoms with Crippen molar-refractivity contribution in [3.8, 4) is 22.5 Å². The summed E-state index contributed by atoms with van der Waals surface area (Å²) in [4.78, 5) is 28.2. The van der Waals surface area contributed by atoms with Crippen LogP contribution in [0.25, 0.3) is 22.5 Å². The Labute approximate surface area is 162 Å². The van der Waals surface area contributed by atoms with Gasteiger partial charge >= 0.3 is 0 Å². The molecule has 1 N–H and O–H groups in total. The average Bonchev–Trinajstić information content (AvgIpc) is 3.15. The zero-order valence-electron chi connectivity index (χ0n) is 15.5. The molecule has 0 spiro atoms. The number of benzene rings is 1. The zero-order valence-corrected chi connectivity index (χ0v) is 15.5. The molecule has 0 unspecified atom stereocenters. The van der Waals surface area contributed by atoms with E-state index in [1.165, 1.54) is 6.07 Å². The Hall–Kier alpha value is -3.22. The maximum absolute atomic E-state index is 14.3. The number of amides is 1. The van der Waals surface area contributed by atoms with E-state index in [1.807, 2.05) is 17.0 Å². The van der Waals surface area contributed by atoms with Gasteiger partial charge in [-0.1, -0.05) is 0 Å². The predicted molar refractivity (Wildman–Crippen MR) is 105 cm³/mol. The van der Waals surface area contributed by atoms with Gasteiger partial charge in [-0.3, -0.25) is 4.79 Å². The van der Waals surface area contributed by atoms with Crippen LogP contribution in [0.2, 0.25) is 0 Å². The molecule has 0 saturated carbocycles. The first-order valence-corrected chi connectivity index (χ1v) is 9.47. The van der Waals surface area contributed by atoms with Crippen LogP contribution in [0.5, 0.6) is 0 Å². The molecule has 0 atom stereocenters. The standard InChI is InChI=1S/C21H20FN5O/c1-13(28)26-9-6-15(7-10-26)27-18-11-14(22)4-5-16(18)19-20(25-12-24-19)17-3-2-8-23-21(17)27/h2-5,8,11-12,15H,6-7,9-10H2,1H3,(H,24,25). The van der Waals surface area contributed by atoms with Gasteiger partial charge in [0, 0.05) is 43.4 Å². The van der Waals surface area contributed by atoms with E-state index >= 15 is 0 Å². The third-order valence-corrected chi connectivity index (χ3v) is 5.67. The minimum atomic E-state index is -0.290. The number of piperidine rings is 1. The highest BCUT2D eigenvalue weighted by Crippen LogP contribution is 2.47. The highest BCUT2D eigenvalue weighted by molar-refractivity contribution is 5.95. The summed E-state index contributed by atoms with van der Waals surface area (Å²) < 4.78 is 14.3. The number of aromatic amines is 1. The number of carbonyl (C=O) groups excluding carboxylic acids is 1. The fraction of sp³-hybridized carbons (Fsp3) is 0.286. The third-order valence-electron chi connectivity index (χ3n) is 5.67. The smallest absolute Gasteiger partial charge is 0.219 e. The second-order valence-corrected chi connectivity index (χ2v) is 7.27. The molecule has 2 aliphatic rings. The number of anilines is 2. The molecule has 0 radical (unpaired) electrons. The van der Waals surface area contributed by atoms with Crippen LogP contribution < -0.4 is 4.90 Å². The lowest BCUT2D eigenvalue weighted by Crippen LogP contribution is -2.45. The van der Waals surface area contributed by atoms with Crippen LogP contribution in [0.15, 0.2) is 42.9 Å². The number of nitrogens with one attached hydrogen (secondary N) is 1. The second kappa shape index (κ2) is 6.44. The summed E-state index contributed by atoms with van der Waals surface area (Å²) in [6.45, 7) is 2.98. The summed E-state index contributed by atoms with van der Waals surface area (Å²) >= 11 is 0. The van der Waals surface area contributed by atoms with Crippen molar-refractivity contribution in [1.29, 1.82) is 0 Å². The molecule has 1 aromatic carbocycles. The summed E-state index contributed by atoms with van der Waals surface area (Å²) in [5.74, 6) is 0.596. The van der Waals surface area contributed by atoms with Crippen molar-refractivity contribution < 1.29 is 9.18 Å². The van der Waals surface area contributed by atoms with Crippen molar-refractivity contribution >= 4 is 17.4 Å². The van der Waals surface area contributed by atoms with Crippen LogP contribution in [0, 0.1) is 5.82 Å².